The Kier molecular flexibility index (Phi) is 4.41. The second kappa shape index (κ2) is 6.71. The molecule has 2 aromatic rings. The van der Waals surface area contributed by atoms with Crippen molar-refractivity contribution in [1.29, 1.82) is 0 Å². The molecule has 0 radical (unpaired) electrons. The minimum atomic E-state index is -0.232. The van der Waals surface area contributed by atoms with Crippen molar-refractivity contribution in [3.63, 3.8) is 0 Å². The monoisotopic (exact) mass is 358 g/mol. The molecule has 6 nitrogen and oxygen atoms in total. The Morgan fingerprint density at radius 3 is 2.92 bits per heavy atom. The van der Waals surface area contributed by atoms with Gasteiger partial charge in [0.2, 0.25) is 5.91 Å². The minimum Gasteiger partial charge on any atom is -0.493 e. The van der Waals surface area contributed by atoms with Crippen LogP contribution in [-0.4, -0.2) is 32.5 Å². The van der Waals surface area contributed by atoms with E-state index in [1.165, 1.54) is 24.6 Å². The Bertz CT molecular complexity index is 787. The van der Waals surface area contributed by atoms with E-state index in [9.17, 15) is 4.79 Å². The quantitative estimate of drug-likeness (QED) is 0.833. The number of rotatable bonds is 5. The molecule has 1 aromatic carbocycles. The number of para-hydroxylation sites is 1. The summed E-state index contributed by atoms with van der Waals surface area (Å²) in [7, 11) is 1.98. The molecule has 132 valence electrons. The number of amides is 1. The van der Waals surface area contributed by atoms with Gasteiger partial charge in [0, 0.05) is 24.9 Å². The Balaban J connectivity index is 1.41. The SMILES string of the molecule is C[C@H](Sc1nnc(C2CC2)n1C)C(=O)N[C@@H]1CCOc2ccccc21. The van der Waals surface area contributed by atoms with E-state index in [1.54, 1.807) is 0 Å². The zero-order chi connectivity index (χ0) is 17.4. The number of carbonyl (C=O) groups is 1. The van der Waals surface area contributed by atoms with Gasteiger partial charge in [-0.15, -0.1) is 10.2 Å². The third-order valence-corrected chi connectivity index (χ3v) is 5.87. The summed E-state index contributed by atoms with van der Waals surface area (Å²) in [5.74, 6) is 2.47. The first-order chi connectivity index (χ1) is 12.1. The van der Waals surface area contributed by atoms with Crippen LogP contribution in [-0.2, 0) is 11.8 Å². The fraction of sp³-hybridized carbons (Fsp3) is 0.500. The second-order valence-corrected chi connectivity index (χ2v) is 7.98. The minimum absolute atomic E-state index is 0.00187. The molecule has 1 aliphatic heterocycles. The molecule has 0 spiro atoms. The van der Waals surface area contributed by atoms with Gasteiger partial charge >= 0.3 is 0 Å². The van der Waals surface area contributed by atoms with E-state index in [-0.39, 0.29) is 17.2 Å². The third kappa shape index (κ3) is 3.38. The Morgan fingerprint density at radius 2 is 2.12 bits per heavy atom. The van der Waals surface area contributed by atoms with Crippen molar-refractivity contribution in [2.75, 3.05) is 6.61 Å². The smallest absolute Gasteiger partial charge is 0.233 e. The van der Waals surface area contributed by atoms with Crippen molar-refractivity contribution in [2.45, 2.75) is 48.6 Å². The zero-order valence-electron chi connectivity index (χ0n) is 14.4. The number of aromatic nitrogens is 3. The van der Waals surface area contributed by atoms with Gasteiger partial charge in [-0.3, -0.25) is 4.79 Å². The summed E-state index contributed by atoms with van der Waals surface area (Å²) in [5, 5.41) is 12.3. The Hall–Kier alpha value is -2.02. The van der Waals surface area contributed by atoms with E-state index in [1.807, 2.05) is 42.8 Å². The molecule has 4 rings (SSSR count). The van der Waals surface area contributed by atoms with Gasteiger partial charge in [0.05, 0.1) is 17.9 Å². The number of carbonyl (C=O) groups excluding carboxylic acids is 1. The van der Waals surface area contributed by atoms with Crippen LogP contribution in [0.1, 0.15) is 49.5 Å². The van der Waals surface area contributed by atoms with E-state index in [0.29, 0.717) is 12.5 Å². The molecule has 1 N–H and O–H groups in total. The van der Waals surface area contributed by atoms with Crippen LogP contribution in [0.15, 0.2) is 29.4 Å². The molecule has 1 saturated carbocycles. The molecule has 7 heteroatoms. The largest absolute Gasteiger partial charge is 0.493 e. The summed E-state index contributed by atoms with van der Waals surface area (Å²) >= 11 is 1.46. The van der Waals surface area contributed by atoms with E-state index >= 15 is 0 Å². The summed E-state index contributed by atoms with van der Waals surface area (Å²) < 4.78 is 7.68. The van der Waals surface area contributed by atoms with Crippen molar-refractivity contribution in [1.82, 2.24) is 20.1 Å². The average Bonchev–Trinajstić information content (AvgIpc) is 3.40. The molecule has 2 heterocycles. The molecule has 1 fully saturated rings. The molecule has 0 bridgehead atoms. The molecule has 0 unspecified atom stereocenters. The number of fused-ring (bicyclic) bond motifs is 1. The van der Waals surface area contributed by atoms with Crippen molar-refractivity contribution < 1.29 is 9.53 Å². The lowest BCUT2D eigenvalue weighted by Crippen LogP contribution is -2.36. The van der Waals surface area contributed by atoms with Crippen LogP contribution in [0.5, 0.6) is 5.75 Å². The van der Waals surface area contributed by atoms with Crippen molar-refractivity contribution >= 4 is 17.7 Å². The first kappa shape index (κ1) is 16.4. The number of hydrogen-bond donors (Lipinski definition) is 1. The summed E-state index contributed by atoms with van der Waals surface area (Å²) in [6.45, 7) is 2.54. The highest BCUT2D eigenvalue weighted by molar-refractivity contribution is 8.00. The molecule has 1 amide bonds. The molecule has 25 heavy (non-hydrogen) atoms. The lowest BCUT2D eigenvalue weighted by molar-refractivity contribution is -0.121. The molecule has 0 saturated heterocycles. The van der Waals surface area contributed by atoms with Crippen LogP contribution >= 0.6 is 11.8 Å². The molecule has 2 atom stereocenters. The maximum atomic E-state index is 12.7. The number of nitrogens with zero attached hydrogens (tertiary/aromatic N) is 3. The number of thioether (sulfide) groups is 1. The van der Waals surface area contributed by atoms with Gasteiger partial charge in [-0.2, -0.15) is 0 Å². The van der Waals surface area contributed by atoms with Crippen LogP contribution in [0.25, 0.3) is 0 Å². The maximum absolute atomic E-state index is 12.7. The fourth-order valence-corrected chi connectivity index (χ4v) is 3.95. The van der Waals surface area contributed by atoms with Gasteiger partial charge in [-0.05, 0) is 25.8 Å². The van der Waals surface area contributed by atoms with Gasteiger partial charge in [0.1, 0.15) is 11.6 Å². The summed E-state index contributed by atoms with van der Waals surface area (Å²) in [4.78, 5) is 12.7. The highest BCUT2D eigenvalue weighted by Gasteiger charge is 2.30. The Labute approximate surface area is 151 Å². The van der Waals surface area contributed by atoms with Gasteiger partial charge in [0.15, 0.2) is 5.16 Å². The van der Waals surface area contributed by atoms with Crippen LogP contribution in [0.4, 0.5) is 0 Å². The van der Waals surface area contributed by atoms with Gasteiger partial charge in [-0.25, -0.2) is 0 Å². The lowest BCUT2D eigenvalue weighted by Gasteiger charge is -2.27. The predicted octanol–water partition coefficient (Wildman–Crippen LogP) is 2.81. The lowest BCUT2D eigenvalue weighted by atomic mass is 10.0. The summed E-state index contributed by atoms with van der Waals surface area (Å²) in [6, 6.07) is 7.89. The van der Waals surface area contributed by atoms with Crippen molar-refractivity contribution in [3.05, 3.63) is 35.7 Å². The van der Waals surface area contributed by atoms with E-state index in [4.69, 9.17) is 4.74 Å². The highest BCUT2D eigenvalue weighted by atomic mass is 32.2. The third-order valence-electron chi connectivity index (χ3n) is 4.74. The number of ether oxygens (including phenoxy) is 1. The van der Waals surface area contributed by atoms with Gasteiger partial charge < -0.3 is 14.6 Å². The normalized spacial score (nSPS) is 20.5. The Morgan fingerprint density at radius 1 is 1.32 bits per heavy atom. The molecular weight excluding hydrogens is 336 g/mol. The van der Waals surface area contributed by atoms with Crippen LogP contribution in [0.3, 0.4) is 0 Å². The fourth-order valence-electron chi connectivity index (χ4n) is 3.12. The van der Waals surface area contributed by atoms with Crippen LogP contribution < -0.4 is 10.1 Å². The van der Waals surface area contributed by atoms with Gasteiger partial charge in [-0.1, -0.05) is 30.0 Å². The van der Waals surface area contributed by atoms with Crippen LogP contribution in [0, 0.1) is 0 Å². The highest BCUT2D eigenvalue weighted by Crippen LogP contribution is 2.40. The van der Waals surface area contributed by atoms with Crippen molar-refractivity contribution in [2.24, 2.45) is 7.05 Å². The van der Waals surface area contributed by atoms with E-state index < -0.39 is 0 Å². The van der Waals surface area contributed by atoms with Crippen molar-refractivity contribution in [3.8, 4) is 5.75 Å². The molecule has 1 aromatic heterocycles. The number of nitrogens with one attached hydrogen (secondary N) is 1. The van der Waals surface area contributed by atoms with E-state index in [0.717, 1.165) is 28.7 Å². The molecule has 1 aliphatic carbocycles. The topological polar surface area (TPSA) is 69.0 Å². The number of hydrogen-bond acceptors (Lipinski definition) is 5. The first-order valence-electron chi connectivity index (χ1n) is 8.71. The predicted molar refractivity (Wildman–Crippen MR) is 95.7 cm³/mol. The standard InChI is InChI=1S/C18H22N4O2S/c1-11(25-18-21-20-16(22(18)2)12-7-8-12)17(23)19-14-9-10-24-15-6-4-3-5-13(14)15/h3-6,11-12,14H,7-10H2,1-2H3,(H,19,23)/t11-,14+/m0/s1. The summed E-state index contributed by atoms with van der Waals surface area (Å²) in [5.41, 5.74) is 1.05. The molecule has 2 aliphatic rings. The first-order valence-corrected chi connectivity index (χ1v) is 9.59. The number of benzene rings is 1. The zero-order valence-corrected chi connectivity index (χ0v) is 15.3. The molecular formula is C18H22N4O2S. The van der Waals surface area contributed by atoms with E-state index in [2.05, 4.69) is 15.5 Å². The van der Waals surface area contributed by atoms with Gasteiger partial charge in [0.25, 0.3) is 0 Å². The second-order valence-electron chi connectivity index (χ2n) is 6.67. The van der Waals surface area contributed by atoms with Crippen LogP contribution in [0.2, 0.25) is 0 Å². The average molecular weight is 358 g/mol. The maximum Gasteiger partial charge on any atom is 0.233 e. The summed E-state index contributed by atoms with van der Waals surface area (Å²) in [6.07, 6.45) is 3.17.